The highest BCUT2D eigenvalue weighted by molar-refractivity contribution is 6.22. The van der Waals surface area contributed by atoms with Crippen molar-refractivity contribution in [2.75, 3.05) is 24.5 Å². The van der Waals surface area contributed by atoms with Crippen molar-refractivity contribution in [3.05, 3.63) is 101 Å². The summed E-state index contributed by atoms with van der Waals surface area (Å²) < 4.78 is 19.0. The van der Waals surface area contributed by atoms with Crippen LogP contribution in [0.2, 0.25) is 0 Å². The van der Waals surface area contributed by atoms with Crippen LogP contribution in [0.1, 0.15) is 139 Å². The molecule has 5 atom stereocenters. The van der Waals surface area contributed by atoms with Gasteiger partial charge in [-0.3, -0.25) is 9.59 Å². The molecule has 0 saturated carbocycles. The fourth-order valence-electron chi connectivity index (χ4n) is 7.84. The molecule has 2 saturated heterocycles. The number of carbonyl (C=O) groups is 3. The third-order valence-electron chi connectivity index (χ3n) is 11.3. The average Bonchev–Trinajstić information content (AvgIpc) is 3.51. The molecule has 0 radical (unpaired) electrons. The van der Waals surface area contributed by atoms with E-state index in [9.17, 15) is 19.5 Å². The summed E-state index contributed by atoms with van der Waals surface area (Å²) in [5.74, 6) is -0.909. The van der Waals surface area contributed by atoms with Crippen LogP contribution >= 0.6 is 0 Å². The molecule has 3 amide bonds. The number of aliphatic hydroxyl groups excluding tert-OH is 1. The smallest absolute Gasteiger partial charge is 0.408 e. The van der Waals surface area contributed by atoms with Gasteiger partial charge in [-0.25, -0.2) is 9.69 Å². The van der Waals surface area contributed by atoms with Crippen LogP contribution in [0.4, 0.5) is 10.5 Å². The summed E-state index contributed by atoms with van der Waals surface area (Å²) in [4.78, 5) is 43.2. The number of nitrogens with zero attached hydrogens (tertiary/aromatic N) is 2. The van der Waals surface area contributed by atoms with Gasteiger partial charge in [-0.2, -0.15) is 0 Å². The summed E-state index contributed by atoms with van der Waals surface area (Å²) in [6.45, 7) is 9.54. The van der Waals surface area contributed by atoms with Gasteiger partial charge in [0.05, 0.1) is 30.9 Å². The van der Waals surface area contributed by atoms with E-state index in [0.29, 0.717) is 11.3 Å². The first-order valence-electron chi connectivity index (χ1n) is 21.5. The SMILES string of the molecule is CCCCCCCCN(CCCCCCCC)C[C@@H]1O[C@H](c2cccc(N3C(=O)CC(NC(=O)OCc4ccccc4)C3=O)c2)O[C@H](c2ccc(CO)cc2)[C@@H]1C. The Morgan fingerprint density at radius 1 is 0.789 bits per heavy atom. The Morgan fingerprint density at radius 3 is 2.09 bits per heavy atom. The Bertz CT molecular complexity index is 1650. The molecule has 2 N–H and O–H groups in total. The standard InChI is InChI=1S/C47H65N3O7/c1-4-6-8-10-12-17-28-49(29-18-13-11-9-7-5-2)32-42-35(3)44(38-26-24-36(33-51)25-27-38)57-46(56-42)39-22-19-23-40(30-39)50-43(52)31-41(45(50)53)48-47(54)55-34-37-20-15-14-16-21-37/h14-16,19-27,30,35,41-42,44,46,51H,4-13,17-18,28-29,31-34H2,1-3H3,(H,48,54)/t35-,41?,42+,44+,46+/m1/s1. The molecular weight excluding hydrogens is 719 g/mol. The topological polar surface area (TPSA) is 118 Å². The molecule has 0 spiro atoms. The van der Waals surface area contributed by atoms with Crippen LogP contribution in [0.25, 0.3) is 0 Å². The van der Waals surface area contributed by atoms with Crippen molar-refractivity contribution in [3.8, 4) is 0 Å². The Kier molecular flexibility index (Phi) is 18.0. The predicted molar refractivity (Wildman–Crippen MR) is 223 cm³/mol. The molecule has 3 aromatic carbocycles. The minimum Gasteiger partial charge on any atom is -0.445 e. The molecule has 10 heteroatoms. The van der Waals surface area contributed by atoms with Crippen molar-refractivity contribution in [1.82, 2.24) is 10.2 Å². The van der Waals surface area contributed by atoms with E-state index < -0.39 is 30.2 Å². The fraction of sp³-hybridized carbons (Fsp3) is 0.553. The van der Waals surface area contributed by atoms with Gasteiger partial charge < -0.3 is 29.5 Å². The number of alkyl carbamates (subject to hydrolysis) is 1. The van der Waals surface area contributed by atoms with E-state index in [0.717, 1.165) is 54.1 Å². The number of ether oxygens (including phenoxy) is 3. The zero-order valence-corrected chi connectivity index (χ0v) is 34.4. The molecule has 5 rings (SSSR count). The normalized spacial score (nSPS) is 21.0. The minimum atomic E-state index is -1.03. The lowest BCUT2D eigenvalue weighted by molar-refractivity contribution is -0.276. The molecule has 0 bridgehead atoms. The van der Waals surface area contributed by atoms with Crippen molar-refractivity contribution in [2.45, 2.75) is 142 Å². The van der Waals surface area contributed by atoms with Crippen molar-refractivity contribution in [2.24, 2.45) is 5.92 Å². The van der Waals surface area contributed by atoms with Crippen molar-refractivity contribution < 1.29 is 33.7 Å². The maximum atomic E-state index is 13.6. The first-order chi connectivity index (χ1) is 27.8. The highest BCUT2D eigenvalue weighted by Crippen LogP contribution is 2.42. The van der Waals surface area contributed by atoms with Gasteiger partial charge in [-0.05, 0) is 54.8 Å². The maximum absolute atomic E-state index is 13.6. The summed E-state index contributed by atoms with van der Waals surface area (Å²) in [7, 11) is 0. The summed E-state index contributed by atoms with van der Waals surface area (Å²) in [6.07, 6.45) is 12.8. The number of hydrogen-bond acceptors (Lipinski definition) is 8. The molecular formula is C47H65N3O7. The molecule has 2 aliphatic rings. The van der Waals surface area contributed by atoms with Crippen LogP contribution in [0.15, 0.2) is 78.9 Å². The summed E-state index contributed by atoms with van der Waals surface area (Å²) in [5, 5.41) is 12.3. The third-order valence-corrected chi connectivity index (χ3v) is 11.3. The van der Waals surface area contributed by atoms with Crippen molar-refractivity contribution >= 4 is 23.6 Å². The zero-order chi connectivity index (χ0) is 40.4. The molecule has 2 heterocycles. The van der Waals surface area contributed by atoms with E-state index in [1.165, 1.54) is 64.2 Å². The van der Waals surface area contributed by atoms with Gasteiger partial charge in [0.15, 0.2) is 6.29 Å². The number of amides is 3. The van der Waals surface area contributed by atoms with Gasteiger partial charge in [0.2, 0.25) is 5.91 Å². The van der Waals surface area contributed by atoms with Crippen LogP contribution in [-0.2, 0) is 37.0 Å². The van der Waals surface area contributed by atoms with E-state index in [1.54, 1.807) is 18.2 Å². The molecule has 57 heavy (non-hydrogen) atoms. The van der Waals surface area contributed by atoms with E-state index in [2.05, 4.69) is 31.0 Å². The van der Waals surface area contributed by atoms with Crippen LogP contribution in [-0.4, -0.2) is 59.7 Å². The van der Waals surface area contributed by atoms with Crippen molar-refractivity contribution in [1.29, 1.82) is 0 Å². The molecule has 2 fully saturated rings. The summed E-state index contributed by atoms with van der Waals surface area (Å²) >= 11 is 0. The van der Waals surface area contributed by atoms with Crippen LogP contribution < -0.4 is 10.2 Å². The van der Waals surface area contributed by atoms with Gasteiger partial charge in [0, 0.05) is 18.0 Å². The number of aliphatic hydroxyl groups is 1. The monoisotopic (exact) mass is 783 g/mol. The average molecular weight is 784 g/mol. The van der Waals surface area contributed by atoms with Gasteiger partial charge >= 0.3 is 6.09 Å². The van der Waals surface area contributed by atoms with E-state index >= 15 is 0 Å². The Morgan fingerprint density at radius 2 is 1.44 bits per heavy atom. The minimum absolute atomic E-state index is 0.0243. The van der Waals surface area contributed by atoms with E-state index in [1.807, 2.05) is 60.7 Å². The molecule has 310 valence electrons. The molecule has 3 aromatic rings. The van der Waals surface area contributed by atoms with Gasteiger partial charge in [-0.15, -0.1) is 0 Å². The Labute approximate surface area is 340 Å². The van der Waals surface area contributed by atoms with E-state index in [-0.39, 0.29) is 37.8 Å². The predicted octanol–water partition coefficient (Wildman–Crippen LogP) is 9.55. The summed E-state index contributed by atoms with van der Waals surface area (Å²) in [5.41, 5.74) is 3.74. The first-order valence-corrected chi connectivity index (χ1v) is 21.5. The second kappa shape index (κ2) is 23.3. The summed E-state index contributed by atoms with van der Waals surface area (Å²) in [6, 6.07) is 23.3. The van der Waals surface area contributed by atoms with Crippen molar-refractivity contribution in [3.63, 3.8) is 0 Å². The zero-order valence-electron chi connectivity index (χ0n) is 34.4. The molecule has 0 aliphatic carbocycles. The van der Waals surface area contributed by atoms with Gasteiger partial charge in [0.25, 0.3) is 5.91 Å². The van der Waals surface area contributed by atoms with Crippen LogP contribution in [0, 0.1) is 5.92 Å². The van der Waals surface area contributed by atoms with Crippen LogP contribution in [0.5, 0.6) is 0 Å². The maximum Gasteiger partial charge on any atom is 0.408 e. The molecule has 2 aliphatic heterocycles. The number of unbranched alkanes of at least 4 members (excludes halogenated alkanes) is 10. The second-order valence-corrected chi connectivity index (χ2v) is 15.8. The lowest BCUT2D eigenvalue weighted by atomic mass is 9.90. The lowest BCUT2D eigenvalue weighted by Gasteiger charge is -2.43. The number of carbonyl (C=O) groups excluding carboxylic acids is 3. The number of imide groups is 1. The largest absolute Gasteiger partial charge is 0.445 e. The molecule has 10 nitrogen and oxygen atoms in total. The number of hydrogen-bond donors (Lipinski definition) is 2. The molecule has 0 aromatic heterocycles. The number of benzene rings is 3. The highest BCUT2D eigenvalue weighted by Gasteiger charge is 2.42. The number of nitrogens with one attached hydrogen (secondary N) is 1. The number of anilines is 1. The third kappa shape index (κ3) is 13.2. The quantitative estimate of drug-likeness (QED) is 0.0722. The van der Waals surface area contributed by atoms with Crippen LogP contribution in [0.3, 0.4) is 0 Å². The second-order valence-electron chi connectivity index (χ2n) is 15.8. The van der Waals surface area contributed by atoms with Gasteiger partial charge in [0.1, 0.15) is 12.6 Å². The Hall–Kier alpha value is -4.09. The number of rotatable bonds is 23. The first kappa shape index (κ1) is 44.0. The van der Waals surface area contributed by atoms with E-state index in [4.69, 9.17) is 14.2 Å². The fourth-order valence-corrected chi connectivity index (χ4v) is 7.84. The lowest BCUT2D eigenvalue weighted by Crippen LogP contribution is -2.45. The Balaban J connectivity index is 1.31. The van der Waals surface area contributed by atoms with Gasteiger partial charge in [-0.1, -0.05) is 152 Å². The molecule has 1 unspecified atom stereocenters. The highest BCUT2D eigenvalue weighted by atomic mass is 16.7.